The maximum Gasteiger partial charge on any atom is 0.207 e. The fourth-order valence-electron chi connectivity index (χ4n) is 2.02. The smallest absolute Gasteiger partial charge is 0.207 e. The first-order valence-corrected chi connectivity index (χ1v) is 7.37. The molecule has 0 radical (unpaired) electrons. The molecule has 2 heterocycles. The Balaban J connectivity index is 1.95. The van der Waals surface area contributed by atoms with Crippen molar-refractivity contribution in [2.45, 2.75) is 6.54 Å². The van der Waals surface area contributed by atoms with Gasteiger partial charge in [-0.1, -0.05) is 38.8 Å². The Morgan fingerprint density at radius 1 is 1.00 bits per heavy atom. The van der Waals surface area contributed by atoms with E-state index in [1.807, 2.05) is 47.4 Å². The zero-order valence-corrected chi connectivity index (χ0v) is 12.9. The van der Waals surface area contributed by atoms with Crippen LogP contribution in [0.15, 0.2) is 77.9 Å². The molecule has 0 saturated heterocycles. The van der Waals surface area contributed by atoms with Crippen LogP contribution in [0.3, 0.4) is 0 Å². The van der Waals surface area contributed by atoms with Crippen LogP contribution < -0.4 is 9.69 Å². The number of pyridine rings is 1. The van der Waals surface area contributed by atoms with E-state index in [0.29, 0.717) is 6.54 Å². The maximum atomic E-state index is 4.40. The van der Waals surface area contributed by atoms with Gasteiger partial charge < -0.3 is 0 Å². The second kappa shape index (κ2) is 6.45. The van der Waals surface area contributed by atoms with Crippen molar-refractivity contribution in [2.75, 3.05) is 5.01 Å². The van der Waals surface area contributed by atoms with Gasteiger partial charge >= 0.3 is 0 Å². The van der Waals surface area contributed by atoms with E-state index in [4.69, 9.17) is 0 Å². The second-order valence-corrected chi connectivity index (χ2v) is 5.42. The Morgan fingerprint density at radius 3 is 2.43 bits per heavy atom. The van der Waals surface area contributed by atoms with Crippen LogP contribution in [-0.2, 0) is 6.54 Å². The number of hydrogen-bond acceptors (Lipinski definition) is 3. The number of rotatable bonds is 4. The van der Waals surface area contributed by atoms with Gasteiger partial charge in [0.15, 0.2) is 12.4 Å². The highest BCUT2D eigenvalue weighted by molar-refractivity contribution is 9.10. The average Bonchev–Trinajstić information content (AvgIpc) is 2.56. The van der Waals surface area contributed by atoms with E-state index in [-0.39, 0.29) is 0 Å². The molecule has 0 aliphatic heterocycles. The zero-order chi connectivity index (χ0) is 14.5. The molecule has 104 valence electrons. The van der Waals surface area contributed by atoms with Gasteiger partial charge in [-0.3, -0.25) is 4.98 Å². The fourth-order valence-corrected chi connectivity index (χ4v) is 2.28. The third kappa shape index (κ3) is 3.44. The molecule has 1 aromatic carbocycles. The van der Waals surface area contributed by atoms with E-state index in [1.54, 1.807) is 18.6 Å². The number of benzene rings is 1. The van der Waals surface area contributed by atoms with Gasteiger partial charge in [0, 0.05) is 29.0 Å². The van der Waals surface area contributed by atoms with Crippen molar-refractivity contribution in [1.82, 2.24) is 9.97 Å². The first kappa shape index (κ1) is 13.7. The molecule has 0 fully saturated rings. The molecule has 0 amide bonds. The fraction of sp³-hybridized carbons (Fsp3) is 0.0625. The topological polar surface area (TPSA) is 32.9 Å². The van der Waals surface area contributed by atoms with Gasteiger partial charge in [0.25, 0.3) is 0 Å². The summed E-state index contributed by atoms with van der Waals surface area (Å²) in [4.78, 5) is 8.56. The molecule has 21 heavy (non-hydrogen) atoms. The normalized spacial score (nSPS) is 10.3. The summed E-state index contributed by atoms with van der Waals surface area (Å²) >= 11 is 3.46. The van der Waals surface area contributed by atoms with E-state index in [1.165, 1.54) is 5.56 Å². The van der Waals surface area contributed by atoms with E-state index < -0.39 is 0 Å². The minimum atomic E-state index is 0.709. The van der Waals surface area contributed by atoms with Crippen LogP contribution in [0.4, 0.5) is 5.82 Å². The third-order valence-electron chi connectivity index (χ3n) is 3.04. The highest BCUT2D eigenvalue weighted by atomic mass is 79.9. The van der Waals surface area contributed by atoms with Gasteiger partial charge in [-0.15, -0.1) is 5.01 Å². The van der Waals surface area contributed by atoms with E-state index in [2.05, 4.69) is 43.0 Å². The van der Waals surface area contributed by atoms with Crippen molar-refractivity contribution in [3.05, 3.63) is 83.5 Å². The van der Waals surface area contributed by atoms with Crippen LogP contribution >= 0.6 is 15.9 Å². The van der Waals surface area contributed by atoms with Gasteiger partial charge in [-0.2, -0.15) is 0 Å². The maximum absolute atomic E-state index is 4.40. The quantitative estimate of drug-likeness (QED) is 0.684. The van der Waals surface area contributed by atoms with Gasteiger partial charge in [0.2, 0.25) is 5.82 Å². The van der Waals surface area contributed by atoms with Crippen LogP contribution in [-0.4, -0.2) is 9.97 Å². The highest BCUT2D eigenvalue weighted by Crippen LogP contribution is 2.14. The molecule has 3 rings (SSSR count). The lowest BCUT2D eigenvalue weighted by molar-refractivity contribution is -0.686. The summed E-state index contributed by atoms with van der Waals surface area (Å²) in [5.74, 6) is 0.802. The summed E-state index contributed by atoms with van der Waals surface area (Å²) < 4.78 is 3.08. The highest BCUT2D eigenvalue weighted by Gasteiger charge is 2.17. The van der Waals surface area contributed by atoms with Gasteiger partial charge in [0.05, 0.1) is 6.20 Å². The Bertz CT molecular complexity index is 647. The minimum absolute atomic E-state index is 0.709. The van der Waals surface area contributed by atoms with E-state index in [9.17, 15) is 0 Å². The zero-order valence-electron chi connectivity index (χ0n) is 11.3. The van der Waals surface area contributed by atoms with Crippen LogP contribution in [0.1, 0.15) is 5.56 Å². The van der Waals surface area contributed by atoms with Gasteiger partial charge in [-0.05, 0) is 17.7 Å². The second-order valence-electron chi connectivity index (χ2n) is 4.50. The molecular formula is C16H14BrN4+. The average molecular weight is 342 g/mol. The number of nitrogens with zero attached hydrogens (tertiary/aromatic N) is 4. The summed E-state index contributed by atoms with van der Waals surface area (Å²) in [6.07, 6.45) is 9.13. The van der Waals surface area contributed by atoms with Crippen LogP contribution in [0.2, 0.25) is 0 Å². The number of anilines is 1. The van der Waals surface area contributed by atoms with Crippen LogP contribution in [0.25, 0.3) is 0 Å². The lowest BCUT2D eigenvalue weighted by atomic mass is 10.2. The predicted octanol–water partition coefficient (Wildman–Crippen LogP) is 3.00. The summed E-state index contributed by atoms with van der Waals surface area (Å²) in [5, 5.41) is 2.07. The number of halogens is 1. The Kier molecular flexibility index (Phi) is 4.21. The lowest BCUT2D eigenvalue weighted by Crippen LogP contribution is -2.53. The first-order chi connectivity index (χ1) is 10.3. The lowest BCUT2D eigenvalue weighted by Gasteiger charge is -2.16. The first-order valence-electron chi connectivity index (χ1n) is 6.57. The van der Waals surface area contributed by atoms with Crippen molar-refractivity contribution in [3.8, 4) is 0 Å². The van der Waals surface area contributed by atoms with E-state index >= 15 is 0 Å². The van der Waals surface area contributed by atoms with E-state index in [0.717, 1.165) is 10.3 Å². The summed E-state index contributed by atoms with van der Waals surface area (Å²) in [5.41, 5.74) is 1.19. The molecule has 0 atom stereocenters. The SMILES string of the molecule is Brc1ccc(CN(c2cnccn2)[n+]2ccccc2)cc1. The Morgan fingerprint density at radius 2 is 1.76 bits per heavy atom. The van der Waals surface area contributed by atoms with Crippen molar-refractivity contribution < 1.29 is 4.68 Å². The third-order valence-corrected chi connectivity index (χ3v) is 3.57. The molecule has 4 nitrogen and oxygen atoms in total. The summed E-state index contributed by atoms with van der Waals surface area (Å²) in [6.45, 7) is 0.709. The largest absolute Gasteiger partial charge is 0.259 e. The molecule has 0 bridgehead atoms. The standard InChI is InChI=1S/C16H14BrN4/c17-15-6-4-14(5-7-15)13-21(16-12-18-8-9-19-16)20-10-2-1-3-11-20/h1-12H,13H2/q+1. The van der Waals surface area contributed by atoms with Gasteiger partial charge in [0.1, 0.15) is 6.54 Å². The Hall–Kier alpha value is -2.27. The molecule has 0 aliphatic rings. The molecule has 0 unspecified atom stereocenters. The molecule has 0 N–H and O–H groups in total. The van der Waals surface area contributed by atoms with Crippen molar-refractivity contribution >= 4 is 21.7 Å². The Labute approximate surface area is 131 Å². The summed E-state index contributed by atoms with van der Waals surface area (Å²) in [7, 11) is 0. The molecule has 3 aromatic rings. The summed E-state index contributed by atoms with van der Waals surface area (Å²) in [6, 6.07) is 14.2. The van der Waals surface area contributed by atoms with Crippen LogP contribution in [0, 0.1) is 0 Å². The molecule has 0 spiro atoms. The molecule has 0 aliphatic carbocycles. The minimum Gasteiger partial charge on any atom is -0.259 e. The molecule has 2 aromatic heterocycles. The predicted molar refractivity (Wildman–Crippen MR) is 84.4 cm³/mol. The van der Waals surface area contributed by atoms with Crippen molar-refractivity contribution in [1.29, 1.82) is 0 Å². The van der Waals surface area contributed by atoms with Gasteiger partial charge in [-0.25, -0.2) is 4.98 Å². The monoisotopic (exact) mass is 341 g/mol. The number of hydrogen-bond donors (Lipinski definition) is 0. The molecular weight excluding hydrogens is 328 g/mol. The molecule has 0 saturated carbocycles. The van der Waals surface area contributed by atoms with Crippen LogP contribution in [0.5, 0.6) is 0 Å². The van der Waals surface area contributed by atoms with Crippen molar-refractivity contribution in [2.24, 2.45) is 0 Å². The molecule has 5 heteroatoms. The van der Waals surface area contributed by atoms with Crippen molar-refractivity contribution in [3.63, 3.8) is 0 Å². The number of aromatic nitrogens is 3.